The predicted octanol–water partition coefficient (Wildman–Crippen LogP) is 2.97. The van der Waals surface area contributed by atoms with E-state index >= 15 is 0 Å². The molecular weight excluding hydrogens is 476 g/mol. The molecule has 176 valence electrons. The summed E-state index contributed by atoms with van der Waals surface area (Å²) in [6.45, 7) is 0.692. The fourth-order valence-corrected chi connectivity index (χ4v) is 4.44. The average Bonchev–Trinajstić information content (AvgIpc) is 3.28. The molecule has 0 spiro atoms. The molecule has 0 amide bonds. The highest BCUT2D eigenvalue weighted by molar-refractivity contribution is 7.90. The molecule has 0 unspecified atom stereocenters. The number of halogens is 1. The third kappa shape index (κ3) is 5.23. The lowest BCUT2D eigenvalue weighted by atomic mass is 10.2. The fourth-order valence-electron chi connectivity index (χ4n) is 3.10. The number of aromatic nitrogens is 4. The van der Waals surface area contributed by atoms with Crippen molar-refractivity contribution < 1.29 is 8.42 Å². The molecule has 2 heterocycles. The number of hydrazone groups is 1. The second-order valence-corrected chi connectivity index (χ2v) is 10.1. The van der Waals surface area contributed by atoms with Gasteiger partial charge in [0.25, 0.3) is 10.0 Å². The van der Waals surface area contributed by atoms with Crippen LogP contribution in [-0.4, -0.2) is 70.3 Å². The molecule has 4 rings (SSSR count). The second-order valence-electron chi connectivity index (χ2n) is 7.61. The molecule has 12 heteroatoms. The van der Waals surface area contributed by atoms with Crippen molar-refractivity contribution in [3.8, 4) is 5.69 Å². The summed E-state index contributed by atoms with van der Waals surface area (Å²) in [7, 11) is -0.0770. The molecule has 0 fully saturated rings. The highest BCUT2D eigenvalue weighted by atomic mass is 35.5. The van der Waals surface area contributed by atoms with Gasteiger partial charge in [-0.1, -0.05) is 30.3 Å². The smallest absolute Gasteiger partial charge is 0.256 e. The summed E-state index contributed by atoms with van der Waals surface area (Å²) in [5.41, 5.74) is 5.14. The van der Waals surface area contributed by atoms with Crippen LogP contribution in [0.4, 0.5) is 5.82 Å². The van der Waals surface area contributed by atoms with Crippen LogP contribution in [0.25, 0.3) is 16.7 Å². The highest BCUT2D eigenvalue weighted by Crippen LogP contribution is 2.22. The lowest BCUT2D eigenvalue weighted by Crippen LogP contribution is -2.29. The SMILES string of the molecule is CN(C)CCN(Cl)S(=O)(=O)c1ccc(/C=N/Nc2ncnc3c2cnn3-c2ccccc2)cc1. The van der Waals surface area contributed by atoms with Gasteiger partial charge in [-0.05, 0) is 55.7 Å². The minimum Gasteiger partial charge on any atom is -0.308 e. The number of benzene rings is 2. The molecule has 2 aromatic heterocycles. The van der Waals surface area contributed by atoms with Gasteiger partial charge in [0.15, 0.2) is 11.5 Å². The van der Waals surface area contributed by atoms with Crippen molar-refractivity contribution in [2.24, 2.45) is 5.10 Å². The van der Waals surface area contributed by atoms with E-state index in [0.29, 0.717) is 29.0 Å². The lowest BCUT2D eigenvalue weighted by molar-refractivity contribution is 0.387. The quantitative estimate of drug-likeness (QED) is 0.215. The maximum atomic E-state index is 12.6. The normalized spacial score (nSPS) is 12.3. The maximum absolute atomic E-state index is 12.6. The van der Waals surface area contributed by atoms with Gasteiger partial charge in [-0.25, -0.2) is 23.1 Å². The Morgan fingerprint density at radius 1 is 1.06 bits per heavy atom. The number of anilines is 1. The van der Waals surface area contributed by atoms with Gasteiger partial charge in [-0.15, -0.1) is 3.82 Å². The average molecular weight is 499 g/mol. The zero-order valence-electron chi connectivity index (χ0n) is 18.6. The minimum absolute atomic E-state index is 0.109. The first-order chi connectivity index (χ1) is 16.4. The zero-order valence-corrected chi connectivity index (χ0v) is 20.1. The summed E-state index contributed by atoms with van der Waals surface area (Å²) >= 11 is 5.99. The Labute approximate surface area is 202 Å². The molecule has 0 aliphatic heterocycles. The van der Waals surface area contributed by atoms with Crippen molar-refractivity contribution in [1.29, 1.82) is 0 Å². The van der Waals surface area contributed by atoms with Gasteiger partial charge >= 0.3 is 0 Å². The van der Waals surface area contributed by atoms with Crippen molar-refractivity contribution in [3.63, 3.8) is 0 Å². The van der Waals surface area contributed by atoms with Crippen LogP contribution in [0.5, 0.6) is 0 Å². The van der Waals surface area contributed by atoms with Crippen molar-refractivity contribution in [2.75, 3.05) is 32.6 Å². The van der Waals surface area contributed by atoms with Crippen LogP contribution in [0.3, 0.4) is 0 Å². The molecule has 0 atom stereocenters. The minimum atomic E-state index is -3.77. The Morgan fingerprint density at radius 2 is 1.79 bits per heavy atom. The summed E-state index contributed by atoms with van der Waals surface area (Å²) in [6.07, 6.45) is 4.68. The molecule has 0 aliphatic carbocycles. The Morgan fingerprint density at radius 3 is 2.50 bits per heavy atom. The molecule has 0 aliphatic rings. The molecule has 0 saturated carbocycles. The van der Waals surface area contributed by atoms with E-state index in [1.807, 2.05) is 49.3 Å². The van der Waals surface area contributed by atoms with Crippen molar-refractivity contribution >= 4 is 44.9 Å². The van der Waals surface area contributed by atoms with Gasteiger partial charge in [0.05, 0.1) is 28.4 Å². The van der Waals surface area contributed by atoms with Crippen LogP contribution in [0, 0.1) is 0 Å². The molecule has 0 bridgehead atoms. The van der Waals surface area contributed by atoms with Crippen LogP contribution in [0.2, 0.25) is 0 Å². The number of nitrogens with one attached hydrogen (secondary N) is 1. The monoisotopic (exact) mass is 498 g/mol. The summed E-state index contributed by atoms with van der Waals surface area (Å²) in [4.78, 5) is 10.6. The van der Waals surface area contributed by atoms with E-state index in [2.05, 4.69) is 25.6 Å². The molecule has 2 aromatic carbocycles. The predicted molar refractivity (Wildman–Crippen MR) is 133 cm³/mol. The third-order valence-electron chi connectivity index (χ3n) is 4.91. The molecule has 10 nitrogen and oxygen atoms in total. The summed E-state index contributed by atoms with van der Waals surface area (Å²) in [6, 6.07) is 16.0. The summed E-state index contributed by atoms with van der Waals surface area (Å²) in [5.74, 6) is 0.501. The number of nitrogens with zero attached hydrogens (tertiary/aromatic N) is 7. The summed E-state index contributed by atoms with van der Waals surface area (Å²) < 4.78 is 27.7. The Kier molecular flexibility index (Phi) is 7.17. The van der Waals surface area contributed by atoms with Gasteiger partial charge in [0.1, 0.15) is 6.33 Å². The van der Waals surface area contributed by atoms with Gasteiger partial charge in [0, 0.05) is 13.1 Å². The third-order valence-corrected chi connectivity index (χ3v) is 7.20. The van der Waals surface area contributed by atoms with Crippen LogP contribution in [-0.2, 0) is 10.0 Å². The zero-order chi connectivity index (χ0) is 24.1. The topological polar surface area (TPSA) is 109 Å². The van der Waals surface area contributed by atoms with Gasteiger partial charge < -0.3 is 4.90 Å². The number of para-hydroxylation sites is 1. The molecule has 0 saturated heterocycles. The molecule has 4 aromatic rings. The standard InChI is InChI=1S/C22H23ClN8O2S/c1-29(2)12-13-30(23)34(32,33)19-10-8-17(9-11-19)14-26-28-21-20-15-27-31(22(20)25-16-24-21)18-6-4-3-5-7-18/h3-11,14-16H,12-13H2,1-2H3,(H,24,25,28)/b26-14+. The Bertz CT molecular complexity index is 1390. The van der Waals surface area contributed by atoms with E-state index in [-0.39, 0.29) is 11.4 Å². The van der Waals surface area contributed by atoms with Crippen LogP contribution in [0.15, 0.2) is 77.1 Å². The van der Waals surface area contributed by atoms with Gasteiger partial charge in [-0.3, -0.25) is 5.43 Å². The number of sulfonamides is 1. The van der Waals surface area contributed by atoms with E-state index < -0.39 is 10.0 Å². The Balaban J connectivity index is 1.46. The first-order valence-corrected chi connectivity index (χ1v) is 12.1. The summed E-state index contributed by atoms with van der Waals surface area (Å²) in [5, 5.41) is 9.35. The van der Waals surface area contributed by atoms with Gasteiger partial charge in [-0.2, -0.15) is 10.2 Å². The molecule has 1 N–H and O–H groups in total. The van der Waals surface area contributed by atoms with E-state index in [4.69, 9.17) is 11.8 Å². The first-order valence-electron chi connectivity index (χ1n) is 10.3. The van der Waals surface area contributed by atoms with E-state index in [1.165, 1.54) is 18.5 Å². The van der Waals surface area contributed by atoms with Crippen molar-refractivity contribution in [2.45, 2.75) is 4.90 Å². The van der Waals surface area contributed by atoms with Crippen LogP contribution < -0.4 is 5.43 Å². The van der Waals surface area contributed by atoms with Gasteiger partial charge in [0.2, 0.25) is 0 Å². The number of hydrogen-bond donors (Lipinski definition) is 1. The largest absolute Gasteiger partial charge is 0.308 e. The first kappa shape index (κ1) is 23.8. The number of likely N-dealkylation sites (N-methyl/N-ethyl adjacent to an activating group) is 1. The highest BCUT2D eigenvalue weighted by Gasteiger charge is 2.22. The number of hydrogen-bond acceptors (Lipinski definition) is 8. The Hall–Kier alpha value is -3.38. The molecular formula is C22H23ClN8O2S. The van der Waals surface area contributed by atoms with Crippen molar-refractivity contribution in [3.05, 3.63) is 72.7 Å². The van der Waals surface area contributed by atoms with E-state index in [0.717, 1.165) is 9.51 Å². The van der Waals surface area contributed by atoms with Crippen LogP contribution in [0.1, 0.15) is 5.56 Å². The number of fused-ring (bicyclic) bond motifs is 1. The molecule has 34 heavy (non-hydrogen) atoms. The lowest BCUT2D eigenvalue weighted by Gasteiger charge is -2.17. The van der Waals surface area contributed by atoms with E-state index in [1.54, 1.807) is 29.2 Å². The van der Waals surface area contributed by atoms with E-state index in [9.17, 15) is 8.42 Å². The second kappa shape index (κ2) is 10.3. The van der Waals surface area contributed by atoms with Crippen LogP contribution >= 0.6 is 11.8 Å². The fraction of sp³-hybridized carbons (Fsp3) is 0.182. The maximum Gasteiger partial charge on any atom is 0.256 e. The number of rotatable bonds is 9. The molecule has 0 radical (unpaired) electrons. The van der Waals surface area contributed by atoms with Crippen molar-refractivity contribution in [1.82, 2.24) is 28.5 Å².